The van der Waals surface area contributed by atoms with E-state index in [4.69, 9.17) is 0 Å². The van der Waals surface area contributed by atoms with Gasteiger partial charge >= 0.3 is 0 Å². The van der Waals surface area contributed by atoms with Gasteiger partial charge in [0.1, 0.15) is 6.54 Å². The first kappa shape index (κ1) is 13.8. The monoisotopic (exact) mass is 287 g/mol. The highest BCUT2D eigenvalue weighted by Gasteiger charge is 2.37. The molecule has 0 unspecified atom stereocenters. The number of carbonyl (C=O) groups is 3. The zero-order chi connectivity index (χ0) is 15.0. The van der Waals surface area contributed by atoms with E-state index in [0.717, 1.165) is 18.0 Å². The van der Waals surface area contributed by atoms with E-state index < -0.39 is 0 Å². The van der Waals surface area contributed by atoms with Gasteiger partial charge in [0, 0.05) is 26.2 Å². The van der Waals surface area contributed by atoms with Gasteiger partial charge in [0.2, 0.25) is 5.91 Å². The molecule has 3 amide bonds. The molecule has 0 bridgehead atoms. The van der Waals surface area contributed by atoms with Crippen LogP contribution in [-0.2, 0) is 4.79 Å². The van der Waals surface area contributed by atoms with E-state index in [2.05, 4.69) is 4.90 Å². The fraction of sp³-hybridized carbons (Fsp3) is 0.400. The van der Waals surface area contributed by atoms with Gasteiger partial charge in [0.15, 0.2) is 0 Å². The average Bonchev–Trinajstić information content (AvgIpc) is 2.73. The van der Waals surface area contributed by atoms with Crippen LogP contribution in [-0.4, -0.2) is 72.2 Å². The van der Waals surface area contributed by atoms with Crippen LogP contribution in [0.4, 0.5) is 0 Å². The zero-order valence-electron chi connectivity index (χ0n) is 11.9. The number of hydrogen-bond acceptors (Lipinski definition) is 4. The molecule has 0 aromatic heterocycles. The standard InChI is InChI=1S/C15H17N3O3/c1-16-6-8-17(9-7-16)13(19)10-18-14(20)11-4-2-3-5-12(11)15(18)21/h2-5H,6-10H2,1H3. The summed E-state index contributed by atoms with van der Waals surface area (Å²) in [5, 5.41) is 0. The lowest BCUT2D eigenvalue weighted by Gasteiger charge is -2.33. The van der Waals surface area contributed by atoms with Crippen LogP contribution in [0, 0.1) is 0 Å². The lowest BCUT2D eigenvalue weighted by molar-refractivity contribution is -0.133. The Labute approximate surface area is 122 Å². The molecule has 1 saturated heterocycles. The van der Waals surface area contributed by atoms with Gasteiger partial charge in [-0.25, -0.2) is 0 Å². The number of fused-ring (bicyclic) bond motifs is 1. The predicted molar refractivity (Wildman–Crippen MR) is 75.9 cm³/mol. The third-order valence-corrected chi connectivity index (χ3v) is 4.03. The van der Waals surface area contributed by atoms with Gasteiger partial charge in [-0.1, -0.05) is 12.1 Å². The first-order chi connectivity index (χ1) is 10.1. The molecule has 1 aromatic rings. The Morgan fingerprint density at radius 2 is 1.52 bits per heavy atom. The van der Waals surface area contributed by atoms with Crippen LogP contribution >= 0.6 is 0 Å². The predicted octanol–water partition coefficient (Wildman–Crippen LogP) is 0.0566. The largest absolute Gasteiger partial charge is 0.339 e. The molecule has 0 radical (unpaired) electrons. The Balaban J connectivity index is 1.70. The van der Waals surface area contributed by atoms with E-state index in [0.29, 0.717) is 24.2 Å². The molecule has 3 rings (SSSR count). The molecule has 2 aliphatic rings. The van der Waals surface area contributed by atoms with Crippen molar-refractivity contribution < 1.29 is 14.4 Å². The fourth-order valence-electron chi connectivity index (χ4n) is 2.67. The van der Waals surface area contributed by atoms with Crippen LogP contribution in [0.2, 0.25) is 0 Å². The van der Waals surface area contributed by atoms with Crippen molar-refractivity contribution in [2.24, 2.45) is 0 Å². The number of carbonyl (C=O) groups excluding carboxylic acids is 3. The molecule has 0 atom stereocenters. The van der Waals surface area contributed by atoms with E-state index in [1.54, 1.807) is 29.2 Å². The summed E-state index contributed by atoms with van der Waals surface area (Å²) in [7, 11) is 2.01. The Hall–Kier alpha value is -2.21. The third-order valence-electron chi connectivity index (χ3n) is 4.03. The maximum atomic E-state index is 12.3. The second-order valence-electron chi connectivity index (χ2n) is 5.43. The van der Waals surface area contributed by atoms with Crippen molar-refractivity contribution in [3.63, 3.8) is 0 Å². The number of rotatable bonds is 2. The Bertz CT molecular complexity index is 571. The van der Waals surface area contributed by atoms with Gasteiger partial charge in [-0.2, -0.15) is 0 Å². The molecule has 0 aliphatic carbocycles. The molecule has 0 saturated carbocycles. The lowest BCUT2D eigenvalue weighted by atomic mass is 10.1. The highest BCUT2D eigenvalue weighted by atomic mass is 16.2. The van der Waals surface area contributed by atoms with Crippen molar-refractivity contribution in [1.82, 2.24) is 14.7 Å². The van der Waals surface area contributed by atoms with Gasteiger partial charge in [-0.05, 0) is 19.2 Å². The molecule has 110 valence electrons. The highest BCUT2D eigenvalue weighted by Crippen LogP contribution is 2.22. The molecular weight excluding hydrogens is 270 g/mol. The van der Waals surface area contributed by atoms with Crippen LogP contribution in [0.15, 0.2) is 24.3 Å². The fourth-order valence-corrected chi connectivity index (χ4v) is 2.67. The van der Waals surface area contributed by atoms with E-state index in [1.807, 2.05) is 7.05 Å². The lowest BCUT2D eigenvalue weighted by Crippen LogP contribution is -2.50. The number of piperazine rings is 1. The smallest absolute Gasteiger partial charge is 0.262 e. The second kappa shape index (κ2) is 5.29. The van der Waals surface area contributed by atoms with E-state index in [1.165, 1.54) is 0 Å². The quantitative estimate of drug-likeness (QED) is 0.722. The first-order valence-electron chi connectivity index (χ1n) is 6.99. The summed E-state index contributed by atoms with van der Waals surface area (Å²) in [5.41, 5.74) is 0.766. The van der Waals surface area contributed by atoms with Crippen molar-refractivity contribution in [1.29, 1.82) is 0 Å². The van der Waals surface area contributed by atoms with E-state index >= 15 is 0 Å². The molecule has 1 aromatic carbocycles. The van der Waals surface area contributed by atoms with Crippen molar-refractivity contribution >= 4 is 17.7 Å². The van der Waals surface area contributed by atoms with Crippen LogP contribution in [0.3, 0.4) is 0 Å². The molecular formula is C15H17N3O3. The summed E-state index contributed by atoms with van der Waals surface area (Å²) >= 11 is 0. The van der Waals surface area contributed by atoms with Crippen molar-refractivity contribution in [2.45, 2.75) is 0 Å². The molecule has 6 heteroatoms. The zero-order valence-corrected chi connectivity index (χ0v) is 11.9. The van der Waals surface area contributed by atoms with E-state index in [9.17, 15) is 14.4 Å². The number of nitrogens with zero attached hydrogens (tertiary/aromatic N) is 3. The average molecular weight is 287 g/mol. The number of amides is 3. The van der Waals surface area contributed by atoms with Crippen LogP contribution in [0.5, 0.6) is 0 Å². The van der Waals surface area contributed by atoms with Crippen LogP contribution in [0.25, 0.3) is 0 Å². The number of hydrogen-bond donors (Lipinski definition) is 0. The number of imide groups is 1. The summed E-state index contributed by atoms with van der Waals surface area (Å²) < 4.78 is 0. The Morgan fingerprint density at radius 1 is 1.00 bits per heavy atom. The molecule has 21 heavy (non-hydrogen) atoms. The number of likely N-dealkylation sites (N-methyl/N-ethyl adjacent to an activating group) is 1. The first-order valence-corrected chi connectivity index (χ1v) is 6.99. The minimum atomic E-state index is -0.377. The van der Waals surface area contributed by atoms with Crippen molar-refractivity contribution in [2.75, 3.05) is 39.8 Å². The third kappa shape index (κ3) is 2.42. The maximum Gasteiger partial charge on any atom is 0.262 e. The summed E-state index contributed by atoms with van der Waals surface area (Å²) in [6, 6.07) is 6.68. The van der Waals surface area contributed by atoms with Crippen LogP contribution in [0.1, 0.15) is 20.7 Å². The molecule has 6 nitrogen and oxygen atoms in total. The topological polar surface area (TPSA) is 60.9 Å². The normalized spacial score (nSPS) is 19.1. The molecule has 0 N–H and O–H groups in total. The van der Waals surface area contributed by atoms with Crippen LogP contribution < -0.4 is 0 Å². The van der Waals surface area contributed by atoms with Gasteiger partial charge in [0.25, 0.3) is 11.8 Å². The van der Waals surface area contributed by atoms with Gasteiger partial charge in [0.05, 0.1) is 11.1 Å². The Morgan fingerprint density at radius 3 is 2.05 bits per heavy atom. The molecule has 1 fully saturated rings. The maximum absolute atomic E-state index is 12.3. The summed E-state index contributed by atoms with van der Waals surface area (Å²) in [6.45, 7) is 2.73. The van der Waals surface area contributed by atoms with Crippen molar-refractivity contribution in [3.8, 4) is 0 Å². The van der Waals surface area contributed by atoms with Gasteiger partial charge in [-0.15, -0.1) is 0 Å². The van der Waals surface area contributed by atoms with Crippen molar-refractivity contribution in [3.05, 3.63) is 35.4 Å². The number of benzene rings is 1. The molecule has 2 aliphatic heterocycles. The molecule has 0 spiro atoms. The minimum Gasteiger partial charge on any atom is -0.339 e. The summed E-state index contributed by atoms with van der Waals surface area (Å²) in [6.07, 6.45) is 0. The van der Waals surface area contributed by atoms with Gasteiger partial charge < -0.3 is 9.80 Å². The van der Waals surface area contributed by atoms with E-state index in [-0.39, 0.29) is 24.3 Å². The van der Waals surface area contributed by atoms with Gasteiger partial charge in [-0.3, -0.25) is 19.3 Å². The summed E-state index contributed by atoms with van der Waals surface area (Å²) in [4.78, 5) is 41.6. The SMILES string of the molecule is CN1CCN(C(=O)CN2C(=O)c3ccccc3C2=O)CC1. The summed E-state index contributed by atoms with van der Waals surface area (Å²) in [5.74, 6) is -0.922. The highest BCUT2D eigenvalue weighted by molar-refractivity contribution is 6.22. The molecule has 2 heterocycles. The second-order valence-corrected chi connectivity index (χ2v) is 5.43. The Kier molecular flexibility index (Phi) is 3.47. The minimum absolute atomic E-state index is 0.169.